The molecule has 0 aromatic heterocycles. The van der Waals surface area contributed by atoms with Gasteiger partial charge in [0.25, 0.3) is 5.67 Å². The number of amides is 1. The summed E-state index contributed by atoms with van der Waals surface area (Å²) in [6.07, 6.45) is -22.6. The quantitative estimate of drug-likeness (QED) is 0.128. The van der Waals surface area contributed by atoms with Crippen molar-refractivity contribution >= 4 is 28.1 Å². The number of thioether (sulfide) groups is 1. The minimum atomic E-state index is -6.54. The Labute approximate surface area is 215 Å². The van der Waals surface area contributed by atoms with Crippen LogP contribution in [0.3, 0.4) is 0 Å². The molecule has 19 heteroatoms. The van der Waals surface area contributed by atoms with Crippen LogP contribution in [0.1, 0.15) is 33.1 Å². The number of halogens is 10. The van der Waals surface area contributed by atoms with E-state index < -0.39 is 70.6 Å². The van der Waals surface area contributed by atoms with E-state index in [1.165, 1.54) is 0 Å². The Bertz CT molecular complexity index is 699. The van der Waals surface area contributed by atoms with Crippen LogP contribution in [-0.2, 0) is 15.2 Å². The summed E-state index contributed by atoms with van der Waals surface area (Å²) in [5.74, 6) is -4.15. The number of hydrogen-bond acceptors (Lipinski definition) is 4. The third-order valence-corrected chi connectivity index (χ3v) is 4.47. The molecule has 0 fully saturated rings. The molecule has 0 aliphatic rings. The van der Waals surface area contributed by atoms with Gasteiger partial charge in [0.2, 0.25) is 5.91 Å². The smallest absolute Gasteiger partial charge is 0.381 e. The summed E-state index contributed by atoms with van der Waals surface area (Å²) in [5.41, 5.74) is -6.76. The Kier molecular flexibility index (Phi) is 15.9. The van der Waals surface area contributed by atoms with Gasteiger partial charge in [-0.15, -0.1) is 0 Å². The number of carbonyl (C=O) groups is 1. The largest absolute Gasteiger partial charge is 1.00 e. The molecular weight excluding hydrogens is 551 g/mol. The third-order valence-electron chi connectivity index (χ3n) is 3.45. The minimum Gasteiger partial charge on any atom is -0.381 e. The number of alkyl halides is 10. The molecule has 6 nitrogen and oxygen atoms in total. The van der Waals surface area contributed by atoms with Gasteiger partial charge in [-0.25, -0.2) is 4.39 Å². The molecule has 0 bridgehead atoms. The van der Waals surface area contributed by atoms with Crippen LogP contribution in [0.4, 0.5) is 43.9 Å². The molecule has 0 heterocycles. The monoisotopic (exact) mass is 573 g/mol. The summed E-state index contributed by atoms with van der Waals surface area (Å²) >= 11 is 0.727. The summed E-state index contributed by atoms with van der Waals surface area (Å²) in [5, 5.41) is 2.46. The molecule has 0 aromatic rings. The van der Waals surface area contributed by atoms with Crippen LogP contribution in [0.5, 0.6) is 0 Å². The van der Waals surface area contributed by atoms with Crippen LogP contribution in [0, 0.1) is 12.8 Å². The summed E-state index contributed by atoms with van der Waals surface area (Å²) in [6.45, 7) is 6.76. The van der Waals surface area contributed by atoms with Gasteiger partial charge in [-0.05, 0) is 12.2 Å². The van der Waals surface area contributed by atoms with Gasteiger partial charge in [-0.1, -0.05) is 19.4 Å². The Hall–Kier alpha value is -0.0100. The first kappa shape index (κ1) is 38.5. The van der Waals surface area contributed by atoms with Gasteiger partial charge in [-0.3, -0.25) is 13.9 Å². The van der Waals surface area contributed by atoms with E-state index in [-0.39, 0.29) is 41.7 Å². The van der Waals surface area contributed by atoms with Crippen molar-refractivity contribution in [1.29, 1.82) is 0 Å². The molecule has 0 aliphatic heterocycles. The van der Waals surface area contributed by atoms with E-state index in [1.807, 2.05) is 0 Å². The fourth-order valence-corrected chi connectivity index (χ4v) is 3.03. The predicted octanol–water partition coefficient (Wildman–Crippen LogP) is 1.98. The zero-order valence-electron chi connectivity index (χ0n) is 18.0. The average Bonchev–Trinajstić information content (AvgIpc) is 2.46. The fourth-order valence-electron chi connectivity index (χ4n) is 2.05. The molecule has 0 saturated carbocycles. The van der Waals surface area contributed by atoms with Crippen molar-refractivity contribution in [1.82, 2.24) is 5.32 Å². The topological polar surface area (TPSA) is 104 Å². The van der Waals surface area contributed by atoms with Crippen LogP contribution in [0.15, 0.2) is 0 Å². The second-order valence-corrected chi connectivity index (χ2v) is 9.39. The molecule has 1 unspecified atom stereocenters. The molecule has 200 valence electrons. The SMILES string of the molecule is O=S(=O)(O)O.[CH2-]C(C)(C)NC(=O)CCSCCC(CC(F)(C(F)(F)F)C(F)(F)F)C(F)(F)F.[Na+]. The normalized spacial score (nSPS) is 14.4. The van der Waals surface area contributed by atoms with E-state index in [4.69, 9.17) is 17.5 Å². The van der Waals surface area contributed by atoms with E-state index >= 15 is 0 Å². The number of rotatable bonds is 9. The Balaban J connectivity index is -0.00000144. The third kappa shape index (κ3) is 17.4. The van der Waals surface area contributed by atoms with Gasteiger partial charge in [0.1, 0.15) is 0 Å². The molecule has 0 rings (SSSR count). The Morgan fingerprint density at radius 1 is 0.941 bits per heavy atom. The van der Waals surface area contributed by atoms with Crippen LogP contribution in [-0.4, -0.2) is 64.7 Å². The van der Waals surface area contributed by atoms with Crippen molar-refractivity contribution in [2.45, 2.75) is 62.8 Å². The van der Waals surface area contributed by atoms with E-state index in [9.17, 15) is 48.7 Å². The zero-order valence-corrected chi connectivity index (χ0v) is 21.7. The molecule has 1 atom stereocenters. The maximum absolute atomic E-state index is 13.6. The standard InChI is InChI=1S/C15H20F10NOS.Na.H2O4S/c1-11(2,3)26-10(27)5-7-28-6-4-9(13(17,18)19)8-12(16,14(20,21)22)15(23,24)25;;1-5(2,3)4/h9H,1,4-8H2,2-3H3,(H,26,27);;(H2,1,2,3,4)/q-1;+1;. The van der Waals surface area contributed by atoms with Gasteiger partial charge in [-0.2, -0.15) is 59.7 Å². The van der Waals surface area contributed by atoms with Crippen LogP contribution in [0.2, 0.25) is 0 Å². The fraction of sp³-hybridized carbons (Fsp3) is 0.867. The van der Waals surface area contributed by atoms with Crippen molar-refractivity contribution in [2.24, 2.45) is 5.92 Å². The number of nitrogens with one attached hydrogen (secondary N) is 1. The summed E-state index contributed by atoms with van der Waals surface area (Å²) < 4.78 is 159. The summed E-state index contributed by atoms with van der Waals surface area (Å²) in [6, 6.07) is 0. The second-order valence-electron chi connectivity index (χ2n) is 7.27. The molecule has 3 N–H and O–H groups in total. The van der Waals surface area contributed by atoms with Gasteiger partial charge < -0.3 is 12.2 Å². The molecule has 0 aliphatic carbocycles. The molecular formula is C15H22F10NNaO5S2. The van der Waals surface area contributed by atoms with E-state index in [0.717, 1.165) is 11.8 Å². The van der Waals surface area contributed by atoms with Gasteiger partial charge >= 0.3 is 58.5 Å². The van der Waals surface area contributed by atoms with E-state index in [2.05, 4.69) is 12.2 Å². The van der Waals surface area contributed by atoms with Gasteiger partial charge in [0.05, 0.1) is 5.92 Å². The zero-order chi connectivity index (χ0) is 27.1. The number of carbonyl (C=O) groups excluding carboxylic acids is 1. The minimum absolute atomic E-state index is 0. The Morgan fingerprint density at radius 2 is 1.32 bits per heavy atom. The molecule has 34 heavy (non-hydrogen) atoms. The molecule has 0 spiro atoms. The van der Waals surface area contributed by atoms with Crippen molar-refractivity contribution < 1.29 is 95.8 Å². The molecule has 0 radical (unpaired) electrons. The van der Waals surface area contributed by atoms with Crippen molar-refractivity contribution in [3.05, 3.63) is 6.92 Å². The maximum Gasteiger partial charge on any atom is 1.00 e. The first-order chi connectivity index (χ1) is 14.2. The van der Waals surface area contributed by atoms with Gasteiger partial charge in [0, 0.05) is 18.6 Å². The van der Waals surface area contributed by atoms with Crippen LogP contribution in [0.25, 0.3) is 0 Å². The van der Waals surface area contributed by atoms with Crippen molar-refractivity contribution in [3.8, 4) is 0 Å². The van der Waals surface area contributed by atoms with E-state index in [0.29, 0.717) is 0 Å². The van der Waals surface area contributed by atoms with Crippen molar-refractivity contribution in [3.63, 3.8) is 0 Å². The summed E-state index contributed by atoms with van der Waals surface area (Å²) in [4.78, 5) is 11.5. The van der Waals surface area contributed by atoms with E-state index in [1.54, 1.807) is 13.8 Å². The van der Waals surface area contributed by atoms with Crippen molar-refractivity contribution in [2.75, 3.05) is 11.5 Å². The molecule has 1 amide bonds. The van der Waals surface area contributed by atoms with Crippen LogP contribution < -0.4 is 34.9 Å². The molecule has 0 aromatic carbocycles. The number of hydrogen-bond donors (Lipinski definition) is 3. The first-order valence-electron chi connectivity index (χ1n) is 8.54. The van der Waals surface area contributed by atoms with Crippen LogP contribution >= 0.6 is 11.8 Å². The predicted molar refractivity (Wildman–Crippen MR) is 98.4 cm³/mol. The maximum atomic E-state index is 13.6. The summed E-state index contributed by atoms with van der Waals surface area (Å²) in [7, 11) is -4.67. The average molecular weight is 573 g/mol. The second kappa shape index (κ2) is 14.1. The first-order valence-corrected chi connectivity index (χ1v) is 11.1. The Morgan fingerprint density at radius 3 is 1.62 bits per heavy atom. The van der Waals surface area contributed by atoms with Gasteiger partial charge in [0.15, 0.2) is 0 Å². The molecule has 0 saturated heterocycles.